The number of thioether (sulfide) groups is 1. The molecule has 0 aromatic heterocycles. The molecule has 6 heteroatoms. The summed E-state index contributed by atoms with van der Waals surface area (Å²) < 4.78 is 17.6. The molecular formula is C17H24FNO3S. The van der Waals surface area contributed by atoms with E-state index < -0.39 is 11.0 Å². The fraction of sp³-hybridized carbons (Fsp3) is 0.529. The number of benzene rings is 1. The van der Waals surface area contributed by atoms with E-state index in [0.29, 0.717) is 12.2 Å². The molecule has 0 radical (unpaired) electrons. The van der Waals surface area contributed by atoms with E-state index in [1.165, 1.54) is 31.0 Å². The number of halogens is 1. The zero-order chi connectivity index (χ0) is 17.7. The Hall–Kier alpha value is -1.56. The van der Waals surface area contributed by atoms with Crippen LogP contribution in [0.5, 0.6) is 0 Å². The molecule has 4 nitrogen and oxygen atoms in total. The Morgan fingerprint density at radius 3 is 2.26 bits per heavy atom. The van der Waals surface area contributed by atoms with Crippen molar-refractivity contribution in [1.82, 2.24) is 5.32 Å². The fourth-order valence-electron chi connectivity index (χ4n) is 1.87. The van der Waals surface area contributed by atoms with Gasteiger partial charge in [0.1, 0.15) is 5.82 Å². The summed E-state index contributed by atoms with van der Waals surface area (Å²) in [6, 6.07) is 6.15. The Balaban J connectivity index is 2.52. The Bertz CT molecular complexity index is 555. The molecule has 1 amide bonds. The van der Waals surface area contributed by atoms with Crippen molar-refractivity contribution in [2.24, 2.45) is 5.41 Å². The molecule has 1 aromatic carbocycles. The zero-order valence-electron chi connectivity index (χ0n) is 14.2. The average Bonchev–Trinajstić information content (AvgIpc) is 2.47. The first-order valence-electron chi connectivity index (χ1n) is 7.38. The maximum absolute atomic E-state index is 12.8. The normalized spacial score (nSPS) is 11.9. The van der Waals surface area contributed by atoms with Gasteiger partial charge in [0.05, 0.1) is 12.5 Å². The third-order valence-corrected chi connectivity index (χ3v) is 5.14. The zero-order valence-corrected chi connectivity index (χ0v) is 15.1. The van der Waals surface area contributed by atoms with Gasteiger partial charge in [-0.2, -0.15) is 0 Å². The van der Waals surface area contributed by atoms with Crippen LogP contribution in [0.1, 0.15) is 34.1 Å². The second kappa shape index (κ2) is 7.81. The van der Waals surface area contributed by atoms with Gasteiger partial charge >= 0.3 is 5.97 Å². The second-order valence-corrected chi connectivity index (χ2v) is 7.51. The molecule has 0 unspecified atom stereocenters. The van der Waals surface area contributed by atoms with Crippen LogP contribution in [0.15, 0.2) is 29.2 Å². The van der Waals surface area contributed by atoms with Crippen molar-refractivity contribution in [2.45, 2.75) is 44.6 Å². The van der Waals surface area contributed by atoms with Crippen molar-refractivity contribution >= 4 is 23.6 Å². The molecular weight excluding hydrogens is 317 g/mol. The average molecular weight is 341 g/mol. The lowest BCUT2D eigenvalue weighted by molar-refractivity contribution is -0.155. The van der Waals surface area contributed by atoms with Crippen LogP contribution in [-0.2, 0) is 14.3 Å². The predicted molar refractivity (Wildman–Crippen MR) is 89.8 cm³/mol. The molecule has 0 aliphatic carbocycles. The van der Waals surface area contributed by atoms with Crippen LogP contribution in [0.25, 0.3) is 0 Å². The lowest BCUT2D eigenvalue weighted by atomic mass is 9.74. The van der Waals surface area contributed by atoms with Crippen molar-refractivity contribution in [1.29, 1.82) is 0 Å². The molecule has 0 aliphatic heterocycles. The third kappa shape index (κ3) is 5.23. The number of hydrogen-bond donors (Lipinski definition) is 1. The molecule has 23 heavy (non-hydrogen) atoms. The van der Waals surface area contributed by atoms with Crippen LogP contribution in [0.4, 0.5) is 4.39 Å². The number of ether oxygens (including phenoxy) is 1. The first-order chi connectivity index (χ1) is 10.6. The lowest BCUT2D eigenvalue weighted by Gasteiger charge is -2.39. The van der Waals surface area contributed by atoms with Gasteiger partial charge in [0, 0.05) is 22.6 Å². The van der Waals surface area contributed by atoms with Crippen LogP contribution in [0.2, 0.25) is 0 Å². The quantitative estimate of drug-likeness (QED) is 0.610. The van der Waals surface area contributed by atoms with Crippen LogP contribution < -0.4 is 5.32 Å². The molecule has 1 N–H and O–H groups in total. The van der Waals surface area contributed by atoms with Gasteiger partial charge in [-0.05, 0) is 52.0 Å². The summed E-state index contributed by atoms with van der Waals surface area (Å²) in [4.78, 5) is 24.9. The van der Waals surface area contributed by atoms with Crippen LogP contribution >= 0.6 is 11.8 Å². The maximum Gasteiger partial charge on any atom is 0.313 e. The molecule has 0 heterocycles. The number of carbonyl (C=O) groups excluding carboxylic acids is 2. The number of methoxy groups -OCH3 is 1. The molecule has 1 rings (SSSR count). The Kier molecular flexibility index (Phi) is 6.62. The highest BCUT2D eigenvalue weighted by molar-refractivity contribution is 7.99. The SMILES string of the molecule is COC(=O)C(C)(C)C(C)(C)NC(=O)CCSc1ccc(F)cc1. The standard InChI is InChI=1S/C17H24FNO3S/c1-16(2,15(21)22-5)17(3,4)19-14(20)10-11-23-13-8-6-12(18)7-9-13/h6-9H,10-11H2,1-5H3,(H,19,20). The summed E-state index contributed by atoms with van der Waals surface area (Å²) in [6.45, 7) is 7.09. The van der Waals surface area contributed by atoms with Crippen molar-refractivity contribution in [3.63, 3.8) is 0 Å². The van der Waals surface area contributed by atoms with E-state index in [4.69, 9.17) is 4.74 Å². The van der Waals surface area contributed by atoms with Crippen LogP contribution in [0.3, 0.4) is 0 Å². The monoisotopic (exact) mass is 341 g/mol. The van der Waals surface area contributed by atoms with E-state index in [1.54, 1.807) is 39.8 Å². The molecule has 128 valence electrons. The molecule has 0 aliphatic rings. The minimum Gasteiger partial charge on any atom is -0.469 e. The summed E-state index contributed by atoms with van der Waals surface area (Å²) >= 11 is 1.48. The van der Waals surface area contributed by atoms with E-state index in [-0.39, 0.29) is 17.7 Å². The topological polar surface area (TPSA) is 55.4 Å². The van der Waals surface area contributed by atoms with Crippen molar-refractivity contribution in [3.05, 3.63) is 30.1 Å². The lowest BCUT2D eigenvalue weighted by Crippen LogP contribution is -2.57. The summed E-state index contributed by atoms with van der Waals surface area (Å²) in [7, 11) is 1.33. The number of carbonyl (C=O) groups is 2. The number of nitrogens with one attached hydrogen (secondary N) is 1. The molecule has 0 atom stereocenters. The number of amides is 1. The van der Waals surface area contributed by atoms with Crippen molar-refractivity contribution < 1.29 is 18.7 Å². The summed E-state index contributed by atoms with van der Waals surface area (Å²) in [5, 5.41) is 2.89. The molecule has 0 saturated carbocycles. The maximum atomic E-state index is 12.8. The first-order valence-corrected chi connectivity index (χ1v) is 8.36. The van der Waals surface area contributed by atoms with E-state index in [9.17, 15) is 14.0 Å². The summed E-state index contributed by atoms with van der Waals surface area (Å²) in [6.07, 6.45) is 0.308. The van der Waals surface area contributed by atoms with Gasteiger partial charge in [-0.1, -0.05) is 0 Å². The molecule has 0 saturated heterocycles. The smallest absolute Gasteiger partial charge is 0.313 e. The second-order valence-electron chi connectivity index (χ2n) is 6.34. The third-order valence-electron chi connectivity index (χ3n) is 4.12. The molecule has 0 fully saturated rings. The highest BCUT2D eigenvalue weighted by Crippen LogP contribution is 2.32. The predicted octanol–water partition coefficient (Wildman–Crippen LogP) is 3.40. The highest BCUT2D eigenvalue weighted by atomic mass is 32.2. The number of hydrogen-bond acceptors (Lipinski definition) is 4. The Morgan fingerprint density at radius 2 is 1.74 bits per heavy atom. The van der Waals surface area contributed by atoms with E-state index in [2.05, 4.69) is 5.32 Å². The Morgan fingerprint density at radius 1 is 1.17 bits per heavy atom. The van der Waals surface area contributed by atoms with Crippen LogP contribution in [-0.4, -0.2) is 30.3 Å². The van der Waals surface area contributed by atoms with E-state index in [0.717, 1.165) is 4.90 Å². The largest absolute Gasteiger partial charge is 0.469 e. The molecule has 0 bridgehead atoms. The first kappa shape index (κ1) is 19.5. The van der Waals surface area contributed by atoms with E-state index in [1.807, 2.05) is 0 Å². The fourth-order valence-corrected chi connectivity index (χ4v) is 2.72. The van der Waals surface area contributed by atoms with Crippen LogP contribution in [0, 0.1) is 11.2 Å². The van der Waals surface area contributed by atoms with Gasteiger partial charge in [0.15, 0.2) is 0 Å². The van der Waals surface area contributed by atoms with Gasteiger partial charge in [-0.3, -0.25) is 9.59 Å². The van der Waals surface area contributed by atoms with Crippen molar-refractivity contribution in [3.8, 4) is 0 Å². The highest BCUT2D eigenvalue weighted by Gasteiger charge is 2.45. The summed E-state index contributed by atoms with van der Waals surface area (Å²) in [5.41, 5.74) is -1.58. The number of rotatable bonds is 7. The Labute approximate surface area is 141 Å². The summed E-state index contributed by atoms with van der Waals surface area (Å²) in [5.74, 6) is -0.212. The van der Waals surface area contributed by atoms with Gasteiger partial charge in [0.2, 0.25) is 5.91 Å². The van der Waals surface area contributed by atoms with Crippen molar-refractivity contribution in [2.75, 3.05) is 12.9 Å². The molecule has 1 aromatic rings. The minimum atomic E-state index is -0.846. The van der Waals surface area contributed by atoms with Gasteiger partial charge in [-0.15, -0.1) is 11.8 Å². The van der Waals surface area contributed by atoms with Gasteiger partial charge < -0.3 is 10.1 Å². The minimum absolute atomic E-state index is 0.137. The molecule has 0 spiro atoms. The van der Waals surface area contributed by atoms with Gasteiger partial charge in [0.25, 0.3) is 0 Å². The van der Waals surface area contributed by atoms with E-state index >= 15 is 0 Å². The van der Waals surface area contributed by atoms with Gasteiger partial charge in [-0.25, -0.2) is 4.39 Å². The number of esters is 1.